The average molecular weight is 604 g/mol. The van der Waals surface area contributed by atoms with Gasteiger partial charge in [-0.1, -0.05) is 46.4 Å². The molecule has 1 heterocycles. The summed E-state index contributed by atoms with van der Waals surface area (Å²) in [5.41, 5.74) is 1.99. The van der Waals surface area contributed by atoms with E-state index in [1.54, 1.807) is 42.5 Å². The Morgan fingerprint density at radius 3 is 2.31 bits per heavy atom. The van der Waals surface area contributed by atoms with Gasteiger partial charge in [0.15, 0.2) is 5.58 Å². The number of fused-ring (bicyclic) bond motifs is 1. The molecule has 2 N–H and O–H groups in total. The number of alkyl halides is 2. The van der Waals surface area contributed by atoms with E-state index in [9.17, 15) is 9.59 Å². The largest absolute Gasteiger partial charge is 0.423 e. The van der Waals surface area contributed by atoms with Crippen LogP contribution in [0.2, 0.25) is 20.1 Å². The highest BCUT2D eigenvalue weighted by molar-refractivity contribution is 6.53. The molecule has 0 bridgehead atoms. The van der Waals surface area contributed by atoms with Crippen molar-refractivity contribution < 1.29 is 14.0 Å². The lowest BCUT2D eigenvalue weighted by atomic mass is 10.1. The minimum absolute atomic E-state index is 0.0298. The zero-order valence-corrected chi connectivity index (χ0v) is 22.3. The van der Waals surface area contributed by atoms with Crippen molar-refractivity contribution in [2.24, 2.45) is 5.92 Å². The molecule has 0 spiro atoms. The highest BCUT2D eigenvalue weighted by Gasteiger charge is 2.67. The van der Waals surface area contributed by atoms with Crippen molar-refractivity contribution in [2.45, 2.75) is 10.3 Å². The first kappa shape index (κ1) is 25.5. The van der Waals surface area contributed by atoms with Crippen molar-refractivity contribution in [3.05, 3.63) is 85.8 Å². The Hall–Kier alpha value is -2.19. The molecule has 0 saturated heterocycles. The van der Waals surface area contributed by atoms with Gasteiger partial charge in [0.2, 0.25) is 5.91 Å². The van der Waals surface area contributed by atoms with Gasteiger partial charge in [-0.25, -0.2) is 0 Å². The Balaban J connectivity index is 1.33. The third-order valence-electron chi connectivity index (χ3n) is 5.63. The van der Waals surface area contributed by atoms with Gasteiger partial charge in [0, 0.05) is 26.7 Å². The van der Waals surface area contributed by atoms with Crippen molar-refractivity contribution in [2.75, 3.05) is 10.6 Å². The molecule has 5 rings (SSSR count). The van der Waals surface area contributed by atoms with Gasteiger partial charge in [-0.3, -0.25) is 14.9 Å². The van der Waals surface area contributed by atoms with Crippen LogP contribution in [-0.2, 0) is 4.79 Å². The van der Waals surface area contributed by atoms with Crippen LogP contribution in [0.4, 0.5) is 11.7 Å². The Bertz CT molecular complexity index is 1520. The van der Waals surface area contributed by atoms with E-state index in [1.165, 1.54) is 12.1 Å². The second-order valence-corrected chi connectivity index (χ2v) is 11.3. The van der Waals surface area contributed by atoms with E-state index in [0.717, 1.165) is 0 Å². The number of benzene rings is 3. The smallest absolute Gasteiger partial charge is 0.302 e. The summed E-state index contributed by atoms with van der Waals surface area (Å²) in [7, 11) is 0. The first-order valence-corrected chi connectivity index (χ1v) is 12.6. The topological polar surface area (TPSA) is 84.2 Å². The van der Waals surface area contributed by atoms with Crippen LogP contribution in [0.25, 0.3) is 11.1 Å². The SMILES string of the molecule is O=C(Nc1nc2cc(Cl)ccc2o1)c1cc(NC(=O)C2C(c3cc(Cl)cc(Cl)c3)C2(Cl)Cl)ccc1Cl. The maximum Gasteiger partial charge on any atom is 0.302 e. The number of aromatic nitrogens is 1. The van der Waals surface area contributed by atoms with E-state index in [0.29, 0.717) is 37.4 Å². The fraction of sp³-hybridized carbons (Fsp3) is 0.125. The number of nitrogens with one attached hydrogen (secondary N) is 2. The molecule has 3 aromatic carbocycles. The zero-order valence-electron chi connectivity index (χ0n) is 17.8. The van der Waals surface area contributed by atoms with Gasteiger partial charge >= 0.3 is 6.01 Å². The molecule has 2 amide bonds. The maximum atomic E-state index is 13.0. The number of nitrogens with zero attached hydrogens (tertiary/aromatic N) is 1. The van der Waals surface area contributed by atoms with Gasteiger partial charge in [-0.2, -0.15) is 4.98 Å². The third-order valence-corrected chi connectivity index (χ3v) is 7.57. The molecule has 184 valence electrons. The third kappa shape index (κ3) is 4.99. The summed E-state index contributed by atoms with van der Waals surface area (Å²) in [5, 5.41) is 6.74. The van der Waals surface area contributed by atoms with Crippen molar-refractivity contribution in [1.29, 1.82) is 0 Å². The van der Waals surface area contributed by atoms with E-state index in [-0.39, 0.29) is 16.6 Å². The molecule has 36 heavy (non-hydrogen) atoms. The first-order chi connectivity index (χ1) is 17.0. The average Bonchev–Trinajstić information content (AvgIpc) is 3.16. The number of halogens is 6. The van der Waals surface area contributed by atoms with E-state index in [1.807, 2.05) is 0 Å². The maximum absolute atomic E-state index is 13.0. The van der Waals surface area contributed by atoms with Crippen molar-refractivity contribution >= 4 is 104 Å². The van der Waals surface area contributed by atoms with E-state index < -0.39 is 28.0 Å². The summed E-state index contributed by atoms with van der Waals surface area (Å²) < 4.78 is 4.17. The second-order valence-electron chi connectivity index (χ2n) is 8.10. The predicted molar refractivity (Wildman–Crippen MR) is 144 cm³/mol. The molecule has 2 unspecified atom stereocenters. The summed E-state index contributed by atoms with van der Waals surface area (Å²) in [6.07, 6.45) is 0. The molecule has 1 aromatic heterocycles. The fourth-order valence-corrected chi connectivity index (χ4v) is 5.68. The van der Waals surface area contributed by atoms with Crippen LogP contribution in [-0.4, -0.2) is 21.1 Å². The number of oxazole rings is 1. The lowest BCUT2D eigenvalue weighted by molar-refractivity contribution is -0.117. The van der Waals surface area contributed by atoms with Gasteiger partial charge in [0.25, 0.3) is 5.91 Å². The van der Waals surface area contributed by atoms with Gasteiger partial charge in [0.05, 0.1) is 16.5 Å². The first-order valence-electron chi connectivity index (χ1n) is 10.3. The standard InChI is InChI=1S/C24H13Cl6N3O3/c25-11-1-4-18-17(8-11)32-23(36-18)33-21(34)15-9-14(2-3-16(15)28)31-22(35)20-19(24(20,29)30)10-5-12(26)7-13(27)6-10/h1-9,19-20H,(H,31,35)(H,32,33,34). The molecule has 1 fully saturated rings. The predicted octanol–water partition coefficient (Wildman–Crippen LogP) is 8.22. The second kappa shape index (κ2) is 9.60. The van der Waals surface area contributed by atoms with Gasteiger partial charge in [-0.15, -0.1) is 23.2 Å². The van der Waals surface area contributed by atoms with Crippen LogP contribution in [0.3, 0.4) is 0 Å². The Morgan fingerprint density at radius 1 is 0.861 bits per heavy atom. The molecular weight excluding hydrogens is 591 g/mol. The van der Waals surface area contributed by atoms with E-state index in [2.05, 4.69) is 15.6 Å². The molecule has 1 aliphatic rings. The molecule has 1 aliphatic carbocycles. The van der Waals surface area contributed by atoms with E-state index in [4.69, 9.17) is 74.0 Å². The van der Waals surface area contributed by atoms with Crippen LogP contribution in [0, 0.1) is 5.92 Å². The Morgan fingerprint density at radius 2 is 1.58 bits per heavy atom. The van der Waals surface area contributed by atoms with Gasteiger partial charge in [0.1, 0.15) is 9.85 Å². The lowest BCUT2D eigenvalue weighted by Crippen LogP contribution is -2.18. The molecule has 0 radical (unpaired) electrons. The monoisotopic (exact) mass is 601 g/mol. The van der Waals surface area contributed by atoms with Crippen molar-refractivity contribution in [3.63, 3.8) is 0 Å². The highest BCUT2D eigenvalue weighted by atomic mass is 35.5. The Labute approximate surface area is 234 Å². The summed E-state index contributed by atoms with van der Waals surface area (Å²) >= 11 is 37.2. The zero-order chi connectivity index (χ0) is 25.8. The number of rotatable bonds is 5. The van der Waals surface area contributed by atoms with Gasteiger partial charge < -0.3 is 9.73 Å². The number of carbonyl (C=O) groups is 2. The Kier molecular flexibility index (Phi) is 6.79. The normalized spacial score (nSPS) is 18.2. The number of anilines is 2. The summed E-state index contributed by atoms with van der Waals surface area (Å²) in [4.78, 5) is 30.1. The lowest BCUT2D eigenvalue weighted by Gasteiger charge is -2.09. The number of amides is 2. The molecule has 4 aromatic rings. The van der Waals surface area contributed by atoms with Crippen LogP contribution < -0.4 is 10.6 Å². The molecule has 12 heteroatoms. The molecule has 2 atom stereocenters. The van der Waals surface area contributed by atoms with Crippen molar-refractivity contribution in [3.8, 4) is 0 Å². The van der Waals surface area contributed by atoms with Crippen LogP contribution in [0.5, 0.6) is 0 Å². The molecule has 1 saturated carbocycles. The fourth-order valence-electron chi connectivity index (χ4n) is 3.94. The van der Waals surface area contributed by atoms with E-state index >= 15 is 0 Å². The number of hydrogen-bond acceptors (Lipinski definition) is 4. The van der Waals surface area contributed by atoms with Crippen LogP contribution in [0.1, 0.15) is 21.8 Å². The summed E-state index contributed by atoms with van der Waals surface area (Å²) in [6.45, 7) is 0. The minimum Gasteiger partial charge on any atom is -0.423 e. The number of hydrogen-bond donors (Lipinski definition) is 2. The van der Waals surface area contributed by atoms with Crippen LogP contribution >= 0.6 is 69.6 Å². The molecule has 6 nitrogen and oxygen atoms in total. The highest BCUT2D eigenvalue weighted by Crippen LogP contribution is 2.65. The summed E-state index contributed by atoms with van der Waals surface area (Å²) in [5.74, 6) is -2.31. The minimum atomic E-state index is -1.35. The molecular formula is C24H13Cl6N3O3. The van der Waals surface area contributed by atoms with Crippen LogP contribution in [0.15, 0.2) is 59.0 Å². The molecule has 0 aliphatic heterocycles. The quantitative estimate of drug-likeness (QED) is 0.225. The van der Waals surface area contributed by atoms with Gasteiger partial charge in [-0.05, 0) is 60.2 Å². The van der Waals surface area contributed by atoms with Crippen molar-refractivity contribution in [1.82, 2.24) is 4.98 Å². The number of carbonyl (C=O) groups excluding carboxylic acids is 2. The summed E-state index contributed by atoms with van der Waals surface area (Å²) in [6, 6.07) is 14.2.